The minimum Gasteiger partial charge on any atom is -0.352 e. The number of nitrogens with one attached hydrogen (secondary N) is 1. The Morgan fingerprint density at radius 3 is 2.69 bits per heavy atom. The minimum absolute atomic E-state index is 0.242. The van der Waals surface area contributed by atoms with E-state index in [1.165, 1.54) is 18.2 Å². The molecule has 1 amide bonds. The number of pyridine rings is 1. The highest BCUT2D eigenvalue weighted by atomic mass is 19.1. The first-order valence-electron chi connectivity index (χ1n) is 8.43. The number of aromatic nitrogens is 1. The summed E-state index contributed by atoms with van der Waals surface area (Å²) in [6.45, 7) is 0.506. The highest BCUT2D eigenvalue weighted by molar-refractivity contribution is 5.91. The first kappa shape index (κ1) is 17.5. The van der Waals surface area contributed by atoms with Gasteiger partial charge in [-0.2, -0.15) is 0 Å². The lowest BCUT2D eigenvalue weighted by atomic mass is 10.1. The Morgan fingerprint density at radius 2 is 1.88 bits per heavy atom. The molecule has 0 bridgehead atoms. The number of halogens is 1. The predicted octanol–water partition coefficient (Wildman–Crippen LogP) is 4.26. The summed E-state index contributed by atoms with van der Waals surface area (Å²) in [5.74, 6) is -0.586. The molecule has 0 radical (unpaired) electrons. The molecule has 1 N–H and O–H groups in total. The van der Waals surface area contributed by atoms with Crippen molar-refractivity contribution >= 4 is 12.0 Å². The van der Waals surface area contributed by atoms with E-state index in [0.717, 1.165) is 16.8 Å². The number of rotatable bonds is 6. The second-order valence-electron chi connectivity index (χ2n) is 5.81. The van der Waals surface area contributed by atoms with Gasteiger partial charge in [0.1, 0.15) is 5.82 Å². The molecule has 2 aromatic carbocycles. The van der Waals surface area contributed by atoms with Crippen molar-refractivity contribution in [1.29, 1.82) is 0 Å². The highest BCUT2D eigenvalue weighted by Crippen LogP contribution is 2.17. The third kappa shape index (κ3) is 4.86. The molecule has 0 aliphatic rings. The Hall–Kier alpha value is -3.27. The molecule has 1 heterocycles. The molecule has 0 saturated heterocycles. The molecule has 3 nitrogen and oxygen atoms in total. The van der Waals surface area contributed by atoms with Crippen LogP contribution in [0, 0.1) is 5.82 Å². The van der Waals surface area contributed by atoms with Crippen LogP contribution in [0.4, 0.5) is 4.39 Å². The summed E-state index contributed by atoms with van der Waals surface area (Å²) < 4.78 is 13.5. The third-order valence-electron chi connectivity index (χ3n) is 3.92. The van der Waals surface area contributed by atoms with Crippen molar-refractivity contribution in [1.82, 2.24) is 10.3 Å². The zero-order valence-electron chi connectivity index (χ0n) is 14.2. The number of benzene rings is 2. The lowest BCUT2D eigenvalue weighted by Gasteiger charge is -2.06. The van der Waals surface area contributed by atoms with Gasteiger partial charge in [-0.05, 0) is 42.3 Å². The highest BCUT2D eigenvalue weighted by Gasteiger charge is 2.02. The van der Waals surface area contributed by atoms with Gasteiger partial charge < -0.3 is 5.32 Å². The SMILES string of the molecule is O=C(C=Cc1ccccc1F)NCCc1cccc(-c2ccccn2)c1. The number of hydrogen-bond acceptors (Lipinski definition) is 2. The van der Waals surface area contributed by atoms with Crippen molar-refractivity contribution in [3.63, 3.8) is 0 Å². The summed E-state index contributed by atoms with van der Waals surface area (Å²) >= 11 is 0. The van der Waals surface area contributed by atoms with E-state index >= 15 is 0 Å². The molecule has 1 aromatic heterocycles. The van der Waals surface area contributed by atoms with Crippen LogP contribution in [-0.4, -0.2) is 17.4 Å². The van der Waals surface area contributed by atoms with Crippen molar-refractivity contribution in [3.05, 3.63) is 95.9 Å². The molecule has 3 aromatic rings. The van der Waals surface area contributed by atoms with Crippen LogP contribution in [0.2, 0.25) is 0 Å². The molecule has 0 fully saturated rings. The van der Waals surface area contributed by atoms with Gasteiger partial charge in [0.25, 0.3) is 0 Å². The van der Waals surface area contributed by atoms with Crippen LogP contribution in [0.15, 0.2) is 79.0 Å². The van der Waals surface area contributed by atoms with Gasteiger partial charge in [0.15, 0.2) is 0 Å². The third-order valence-corrected chi connectivity index (χ3v) is 3.92. The van der Waals surface area contributed by atoms with Crippen LogP contribution in [-0.2, 0) is 11.2 Å². The number of amides is 1. The largest absolute Gasteiger partial charge is 0.352 e. The predicted molar refractivity (Wildman–Crippen MR) is 102 cm³/mol. The molecule has 3 rings (SSSR count). The van der Waals surface area contributed by atoms with Gasteiger partial charge in [-0.25, -0.2) is 4.39 Å². The maximum Gasteiger partial charge on any atom is 0.244 e. The lowest BCUT2D eigenvalue weighted by Crippen LogP contribution is -2.23. The fraction of sp³-hybridized carbons (Fsp3) is 0.0909. The van der Waals surface area contributed by atoms with Crippen LogP contribution in [0.3, 0.4) is 0 Å². The van der Waals surface area contributed by atoms with Gasteiger partial charge in [0.05, 0.1) is 5.69 Å². The van der Waals surface area contributed by atoms with Crippen LogP contribution in [0.1, 0.15) is 11.1 Å². The van der Waals surface area contributed by atoms with Gasteiger partial charge in [-0.1, -0.05) is 42.5 Å². The van der Waals surface area contributed by atoms with Crippen molar-refractivity contribution in [2.45, 2.75) is 6.42 Å². The Bertz CT molecular complexity index is 907. The molecule has 0 spiro atoms. The van der Waals surface area contributed by atoms with Gasteiger partial charge in [-0.15, -0.1) is 0 Å². The van der Waals surface area contributed by atoms with E-state index in [2.05, 4.69) is 16.4 Å². The van der Waals surface area contributed by atoms with E-state index in [4.69, 9.17) is 0 Å². The van der Waals surface area contributed by atoms with Crippen molar-refractivity contribution in [3.8, 4) is 11.3 Å². The molecule has 26 heavy (non-hydrogen) atoms. The van der Waals surface area contributed by atoms with Gasteiger partial charge in [0.2, 0.25) is 5.91 Å². The average Bonchev–Trinajstić information content (AvgIpc) is 2.68. The normalized spacial score (nSPS) is 10.8. The second kappa shape index (κ2) is 8.72. The zero-order chi connectivity index (χ0) is 18.2. The maximum atomic E-state index is 13.5. The van der Waals surface area contributed by atoms with E-state index in [0.29, 0.717) is 18.5 Å². The molecule has 0 saturated carbocycles. The lowest BCUT2D eigenvalue weighted by molar-refractivity contribution is -0.116. The number of nitrogens with zero attached hydrogens (tertiary/aromatic N) is 1. The molecule has 0 unspecified atom stereocenters. The first-order valence-corrected chi connectivity index (χ1v) is 8.43. The summed E-state index contributed by atoms with van der Waals surface area (Å²) in [4.78, 5) is 16.2. The quantitative estimate of drug-likeness (QED) is 0.678. The van der Waals surface area contributed by atoms with E-state index in [9.17, 15) is 9.18 Å². The summed E-state index contributed by atoms with van der Waals surface area (Å²) in [5, 5.41) is 2.82. The number of hydrogen-bond donors (Lipinski definition) is 1. The topological polar surface area (TPSA) is 42.0 Å². The summed E-state index contributed by atoms with van der Waals surface area (Å²) in [5.41, 5.74) is 3.48. The first-order chi connectivity index (χ1) is 12.7. The van der Waals surface area contributed by atoms with Gasteiger partial charge in [0, 0.05) is 29.9 Å². The van der Waals surface area contributed by atoms with E-state index in [-0.39, 0.29) is 11.7 Å². The standard InChI is InChI=1S/C22H19FN2O/c23-20-9-2-1-7-18(20)11-12-22(26)25-15-13-17-6-5-8-19(16-17)21-10-3-4-14-24-21/h1-12,14,16H,13,15H2,(H,25,26). The van der Waals surface area contributed by atoms with Crippen molar-refractivity contribution in [2.75, 3.05) is 6.54 Å². The maximum absolute atomic E-state index is 13.5. The Kier molecular flexibility index (Phi) is 5.88. The Morgan fingerprint density at radius 1 is 1.04 bits per heavy atom. The molecule has 130 valence electrons. The van der Waals surface area contributed by atoms with Crippen LogP contribution in [0.25, 0.3) is 17.3 Å². The van der Waals surface area contributed by atoms with Crippen LogP contribution >= 0.6 is 0 Å². The number of carbonyl (C=O) groups is 1. The fourth-order valence-electron chi connectivity index (χ4n) is 2.58. The Balaban J connectivity index is 1.53. The monoisotopic (exact) mass is 346 g/mol. The van der Waals surface area contributed by atoms with Gasteiger partial charge in [-0.3, -0.25) is 9.78 Å². The average molecular weight is 346 g/mol. The molecular formula is C22H19FN2O. The minimum atomic E-state index is -0.345. The van der Waals surface area contributed by atoms with E-state index < -0.39 is 0 Å². The summed E-state index contributed by atoms with van der Waals surface area (Å²) in [6, 6.07) is 20.2. The number of carbonyl (C=O) groups excluding carboxylic acids is 1. The molecule has 0 aliphatic carbocycles. The molecule has 4 heteroatoms. The molecule has 0 atom stereocenters. The van der Waals surface area contributed by atoms with E-state index in [1.54, 1.807) is 24.4 Å². The van der Waals surface area contributed by atoms with Crippen LogP contribution in [0.5, 0.6) is 0 Å². The van der Waals surface area contributed by atoms with E-state index in [1.807, 2.05) is 36.4 Å². The summed E-state index contributed by atoms with van der Waals surface area (Å²) in [6.07, 6.45) is 5.30. The van der Waals surface area contributed by atoms with Crippen molar-refractivity contribution < 1.29 is 9.18 Å². The smallest absolute Gasteiger partial charge is 0.244 e. The molecule has 0 aliphatic heterocycles. The Labute approximate surface area is 152 Å². The fourth-order valence-corrected chi connectivity index (χ4v) is 2.58. The zero-order valence-corrected chi connectivity index (χ0v) is 14.2. The summed E-state index contributed by atoms with van der Waals surface area (Å²) in [7, 11) is 0. The van der Waals surface area contributed by atoms with Crippen molar-refractivity contribution in [2.24, 2.45) is 0 Å². The molecular weight excluding hydrogens is 327 g/mol. The second-order valence-corrected chi connectivity index (χ2v) is 5.81. The van der Waals surface area contributed by atoms with Crippen LogP contribution < -0.4 is 5.32 Å². The van der Waals surface area contributed by atoms with Gasteiger partial charge >= 0.3 is 0 Å².